The maximum atomic E-state index is 13.3. The summed E-state index contributed by atoms with van der Waals surface area (Å²) in [6, 6.07) is 4.13. The molecule has 1 aromatic heterocycles. The maximum absolute atomic E-state index is 13.3. The number of nitrogens with one attached hydrogen (secondary N) is 1. The predicted molar refractivity (Wildman–Crippen MR) is 97.6 cm³/mol. The van der Waals surface area contributed by atoms with Gasteiger partial charge < -0.3 is 9.88 Å². The molecule has 2 aromatic rings. The number of aromatic nitrogens is 2. The molecule has 1 heterocycles. The molecule has 0 bridgehead atoms. The number of fused-ring (bicyclic) bond motifs is 1. The molecular formula is C16H23ClFN3OS. The van der Waals surface area contributed by atoms with Crippen molar-refractivity contribution in [3.8, 4) is 0 Å². The van der Waals surface area contributed by atoms with Gasteiger partial charge in [-0.05, 0) is 63.9 Å². The molecule has 0 aliphatic rings. The average molecular weight is 360 g/mol. The van der Waals surface area contributed by atoms with Crippen LogP contribution in [-0.4, -0.2) is 35.1 Å². The van der Waals surface area contributed by atoms with E-state index in [0.717, 1.165) is 32.2 Å². The largest absolute Gasteiger partial charge is 0.332 e. The van der Waals surface area contributed by atoms with Crippen molar-refractivity contribution >= 4 is 35.5 Å². The van der Waals surface area contributed by atoms with Gasteiger partial charge in [0, 0.05) is 6.54 Å². The molecule has 1 N–H and O–H groups in total. The van der Waals surface area contributed by atoms with Gasteiger partial charge in [-0.3, -0.25) is 9.36 Å². The van der Waals surface area contributed by atoms with Gasteiger partial charge in [-0.15, -0.1) is 12.4 Å². The fraction of sp³-hybridized carbons (Fsp3) is 0.500. The van der Waals surface area contributed by atoms with E-state index in [1.54, 1.807) is 6.07 Å². The molecule has 0 spiro atoms. The van der Waals surface area contributed by atoms with Crippen LogP contribution in [0.15, 0.2) is 23.0 Å². The summed E-state index contributed by atoms with van der Waals surface area (Å²) in [5.74, 6) is -0.412. The first-order valence-corrected chi connectivity index (χ1v) is 7.97. The van der Waals surface area contributed by atoms with Gasteiger partial charge in [0.05, 0.1) is 10.9 Å². The zero-order valence-electron chi connectivity index (χ0n) is 13.5. The van der Waals surface area contributed by atoms with Crippen LogP contribution in [0.4, 0.5) is 4.39 Å². The van der Waals surface area contributed by atoms with E-state index in [1.165, 1.54) is 16.7 Å². The molecule has 2 rings (SSSR count). The Morgan fingerprint density at radius 1 is 1.22 bits per heavy atom. The SMILES string of the molecule is CN(C)CCCCCCn1c(=S)[nH]c2ccc(F)cc2c1=O.Cl. The van der Waals surface area contributed by atoms with Crippen molar-refractivity contribution in [3.63, 3.8) is 0 Å². The molecule has 0 aliphatic heterocycles. The van der Waals surface area contributed by atoms with Crippen LogP contribution in [0.5, 0.6) is 0 Å². The highest BCUT2D eigenvalue weighted by Crippen LogP contribution is 2.10. The summed E-state index contributed by atoms with van der Waals surface area (Å²) in [5.41, 5.74) is 0.366. The van der Waals surface area contributed by atoms with Crippen LogP contribution in [0.1, 0.15) is 25.7 Å². The van der Waals surface area contributed by atoms with E-state index in [1.807, 2.05) is 0 Å². The van der Waals surface area contributed by atoms with Crippen molar-refractivity contribution in [3.05, 3.63) is 39.1 Å². The summed E-state index contributed by atoms with van der Waals surface area (Å²) >= 11 is 5.24. The van der Waals surface area contributed by atoms with Crippen LogP contribution in [-0.2, 0) is 6.54 Å². The third kappa shape index (κ3) is 5.41. The lowest BCUT2D eigenvalue weighted by atomic mass is 10.2. The number of H-pyrrole nitrogens is 1. The summed E-state index contributed by atoms with van der Waals surface area (Å²) in [6.45, 7) is 1.65. The Morgan fingerprint density at radius 2 is 1.91 bits per heavy atom. The van der Waals surface area contributed by atoms with Crippen LogP contribution < -0.4 is 5.56 Å². The van der Waals surface area contributed by atoms with Gasteiger partial charge in [-0.2, -0.15) is 0 Å². The van der Waals surface area contributed by atoms with E-state index in [0.29, 0.717) is 22.2 Å². The third-order valence-corrected chi connectivity index (χ3v) is 4.00. The van der Waals surface area contributed by atoms with E-state index in [2.05, 4.69) is 24.0 Å². The molecule has 23 heavy (non-hydrogen) atoms. The van der Waals surface area contributed by atoms with Crippen molar-refractivity contribution in [1.82, 2.24) is 14.5 Å². The number of nitrogens with zero attached hydrogens (tertiary/aromatic N) is 2. The Hall–Kier alpha value is -1.24. The Bertz CT molecular complexity index is 757. The molecule has 4 nitrogen and oxygen atoms in total. The van der Waals surface area contributed by atoms with E-state index in [4.69, 9.17) is 12.2 Å². The van der Waals surface area contributed by atoms with Crippen LogP contribution in [0.25, 0.3) is 10.9 Å². The molecule has 0 saturated heterocycles. The van der Waals surface area contributed by atoms with E-state index in [9.17, 15) is 9.18 Å². The lowest BCUT2D eigenvalue weighted by molar-refractivity contribution is 0.388. The molecule has 128 valence electrons. The Labute approximate surface area is 146 Å². The summed E-state index contributed by atoms with van der Waals surface area (Å²) in [5, 5.41) is 0.348. The number of halogens is 2. The van der Waals surface area contributed by atoms with Crippen LogP contribution in [0, 0.1) is 10.6 Å². The first-order chi connectivity index (χ1) is 10.5. The monoisotopic (exact) mass is 359 g/mol. The minimum absolute atomic E-state index is 0. The van der Waals surface area contributed by atoms with Crippen LogP contribution in [0.3, 0.4) is 0 Å². The number of unbranched alkanes of at least 4 members (excludes halogenated alkanes) is 3. The van der Waals surface area contributed by atoms with Crippen molar-refractivity contribution in [1.29, 1.82) is 0 Å². The summed E-state index contributed by atoms with van der Waals surface area (Å²) in [6.07, 6.45) is 4.23. The van der Waals surface area contributed by atoms with Gasteiger partial charge in [0.1, 0.15) is 5.82 Å². The second-order valence-corrected chi connectivity index (χ2v) is 6.18. The topological polar surface area (TPSA) is 41.0 Å². The van der Waals surface area contributed by atoms with Gasteiger partial charge in [-0.1, -0.05) is 12.8 Å². The molecule has 1 aromatic carbocycles. The zero-order chi connectivity index (χ0) is 16.1. The molecular weight excluding hydrogens is 337 g/mol. The predicted octanol–water partition coefficient (Wildman–Crippen LogP) is 3.74. The Morgan fingerprint density at radius 3 is 2.61 bits per heavy atom. The van der Waals surface area contributed by atoms with Crippen LogP contribution in [0.2, 0.25) is 0 Å². The highest BCUT2D eigenvalue weighted by Gasteiger charge is 2.06. The molecule has 0 amide bonds. The van der Waals surface area contributed by atoms with Crippen molar-refractivity contribution in [2.75, 3.05) is 20.6 Å². The molecule has 0 atom stereocenters. The third-order valence-electron chi connectivity index (χ3n) is 3.68. The van der Waals surface area contributed by atoms with Gasteiger partial charge >= 0.3 is 0 Å². The first kappa shape index (κ1) is 19.8. The molecule has 0 radical (unpaired) electrons. The van der Waals surface area contributed by atoms with Crippen LogP contribution >= 0.6 is 24.6 Å². The minimum atomic E-state index is -0.412. The zero-order valence-corrected chi connectivity index (χ0v) is 15.1. The smallest absolute Gasteiger partial charge is 0.262 e. The standard InChI is InChI=1S/C16H22FN3OS.ClH/c1-19(2)9-5-3-4-6-10-20-15(21)13-11-12(17)7-8-14(13)18-16(20)22;/h7-8,11H,3-6,9-10H2,1-2H3,(H,18,22);1H. The molecule has 7 heteroatoms. The summed E-state index contributed by atoms with van der Waals surface area (Å²) in [4.78, 5) is 17.6. The second-order valence-electron chi connectivity index (χ2n) is 5.79. The minimum Gasteiger partial charge on any atom is -0.332 e. The van der Waals surface area contributed by atoms with E-state index >= 15 is 0 Å². The van der Waals surface area contributed by atoms with Crippen molar-refractivity contribution in [2.24, 2.45) is 0 Å². The summed E-state index contributed by atoms with van der Waals surface area (Å²) in [7, 11) is 4.13. The number of rotatable bonds is 7. The fourth-order valence-corrected chi connectivity index (χ4v) is 2.76. The summed E-state index contributed by atoms with van der Waals surface area (Å²) < 4.78 is 15.2. The Balaban J connectivity index is 0.00000264. The normalized spacial score (nSPS) is 11.0. The lowest BCUT2D eigenvalue weighted by Crippen LogP contribution is -2.22. The number of benzene rings is 1. The number of hydrogen-bond acceptors (Lipinski definition) is 3. The first-order valence-electron chi connectivity index (χ1n) is 7.56. The van der Waals surface area contributed by atoms with Gasteiger partial charge in [0.25, 0.3) is 5.56 Å². The van der Waals surface area contributed by atoms with Crippen molar-refractivity contribution < 1.29 is 4.39 Å². The highest BCUT2D eigenvalue weighted by atomic mass is 35.5. The molecule has 0 aliphatic carbocycles. The lowest BCUT2D eigenvalue weighted by Gasteiger charge is -2.10. The molecule has 0 fully saturated rings. The van der Waals surface area contributed by atoms with Gasteiger partial charge in [0.2, 0.25) is 0 Å². The van der Waals surface area contributed by atoms with E-state index in [-0.39, 0.29) is 18.0 Å². The number of hydrogen-bond donors (Lipinski definition) is 1. The highest BCUT2D eigenvalue weighted by molar-refractivity contribution is 7.71. The average Bonchev–Trinajstić information content (AvgIpc) is 2.46. The molecule has 0 saturated carbocycles. The molecule has 0 unspecified atom stereocenters. The van der Waals surface area contributed by atoms with Gasteiger partial charge in [-0.25, -0.2) is 4.39 Å². The second kappa shape index (κ2) is 9.15. The number of aromatic amines is 1. The maximum Gasteiger partial charge on any atom is 0.262 e. The van der Waals surface area contributed by atoms with E-state index < -0.39 is 5.82 Å². The fourth-order valence-electron chi connectivity index (χ4n) is 2.48. The Kier molecular flexibility index (Phi) is 7.88. The van der Waals surface area contributed by atoms with Gasteiger partial charge in [0.15, 0.2) is 4.77 Å². The quantitative estimate of drug-likeness (QED) is 0.604. The van der Waals surface area contributed by atoms with Crippen molar-refractivity contribution in [2.45, 2.75) is 32.2 Å².